The van der Waals surface area contributed by atoms with Gasteiger partial charge >= 0.3 is 5.97 Å². The SMILES string of the molecule is CCc1ocnc1C(=O)NC(CC)(C(=O)O)c1ccccc1. The summed E-state index contributed by atoms with van der Waals surface area (Å²) in [6.45, 7) is 3.55. The lowest BCUT2D eigenvalue weighted by Crippen LogP contribution is -2.51. The molecule has 0 radical (unpaired) electrons. The summed E-state index contributed by atoms with van der Waals surface area (Å²) in [5, 5.41) is 12.3. The van der Waals surface area contributed by atoms with E-state index in [4.69, 9.17) is 4.42 Å². The largest absolute Gasteiger partial charge is 0.479 e. The number of carbonyl (C=O) groups excluding carboxylic acids is 1. The van der Waals surface area contributed by atoms with E-state index in [1.165, 1.54) is 6.39 Å². The molecule has 1 aromatic carbocycles. The maximum atomic E-state index is 12.4. The van der Waals surface area contributed by atoms with Crippen molar-refractivity contribution in [2.45, 2.75) is 32.2 Å². The Kier molecular flexibility index (Phi) is 4.60. The van der Waals surface area contributed by atoms with Crippen LogP contribution in [0.25, 0.3) is 0 Å². The van der Waals surface area contributed by atoms with Crippen LogP contribution in [0.4, 0.5) is 0 Å². The minimum atomic E-state index is -1.50. The molecule has 1 atom stereocenters. The summed E-state index contributed by atoms with van der Waals surface area (Å²) in [5.74, 6) is -1.24. The number of nitrogens with one attached hydrogen (secondary N) is 1. The molecule has 0 saturated heterocycles. The van der Waals surface area contributed by atoms with E-state index in [-0.39, 0.29) is 12.1 Å². The molecule has 0 aliphatic carbocycles. The van der Waals surface area contributed by atoms with Gasteiger partial charge in [0.25, 0.3) is 5.91 Å². The highest BCUT2D eigenvalue weighted by atomic mass is 16.4. The lowest BCUT2D eigenvalue weighted by Gasteiger charge is -2.29. The summed E-state index contributed by atoms with van der Waals surface area (Å²) < 4.78 is 5.13. The summed E-state index contributed by atoms with van der Waals surface area (Å²) in [6, 6.07) is 8.63. The standard InChI is InChI=1S/C16H18N2O4/c1-3-12-13(17-10-22-12)14(19)18-16(4-2,15(20)21)11-8-6-5-7-9-11/h5-10H,3-4H2,1-2H3,(H,18,19)(H,20,21). The van der Waals surface area contributed by atoms with E-state index < -0.39 is 17.4 Å². The number of hydrogen-bond donors (Lipinski definition) is 2. The minimum absolute atomic E-state index is 0.123. The molecule has 2 rings (SSSR count). The van der Waals surface area contributed by atoms with Crippen LogP contribution in [0.2, 0.25) is 0 Å². The van der Waals surface area contributed by atoms with Crippen molar-refractivity contribution in [2.24, 2.45) is 0 Å². The van der Waals surface area contributed by atoms with Gasteiger partial charge in [0, 0.05) is 6.42 Å². The van der Waals surface area contributed by atoms with Crippen molar-refractivity contribution >= 4 is 11.9 Å². The molecular formula is C16H18N2O4. The maximum Gasteiger partial charge on any atom is 0.334 e. The molecule has 2 N–H and O–H groups in total. The first-order valence-corrected chi connectivity index (χ1v) is 7.09. The topological polar surface area (TPSA) is 92.4 Å². The molecule has 0 spiro atoms. The molecule has 6 nitrogen and oxygen atoms in total. The number of aryl methyl sites for hydroxylation is 1. The molecule has 22 heavy (non-hydrogen) atoms. The minimum Gasteiger partial charge on any atom is -0.479 e. The predicted octanol–water partition coefficient (Wildman–Crippen LogP) is 2.36. The third kappa shape index (κ3) is 2.72. The zero-order valence-corrected chi connectivity index (χ0v) is 12.5. The van der Waals surface area contributed by atoms with Gasteiger partial charge in [0.2, 0.25) is 0 Å². The monoisotopic (exact) mass is 302 g/mol. The van der Waals surface area contributed by atoms with Crippen LogP contribution in [0.1, 0.15) is 42.1 Å². The van der Waals surface area contributed by atoms with Crippen LogP contribution in [0.3, 0.4) is 0 Å². The number of carboxylic acid groups (broad SMARTS) is 1. The van der Waals surface area contributed by atoms with Crippen LogP contribution in [-0.4, -0.2) is 22.0 Å². The predicted molar refractivity (Wildman–Crippen MR) is 79.4 cm³/mol. The van der Waals surface area contributed by atoms with Gasteiger partial charge in [0.1, 0.15) is 5.76 Å². The van der Waals surface area contributed by atoms with Gasteiger partial charge in [-0.1, -0.05) is 44.2 Å². The number of nitrogens with zero attached hydrogens (tertiary/aromatic N) is 1. The number of carboxylic acids is 1. The van der Waals surface area contributed by atoms with Crippen LogP contribution in [0, 0.1) is 0 Å². The van der Waals surface area contributed by atoms with E-state index in [0.29, 0.717) is 17.7 Å². The van der Waals surface area contributed by atoms with Gasteiger partial charge in [-0.25, -0.2) is 9.78 Å². The fourth-order valence-corrected chi connectivity index (χ4v) is 2.38. The van der Waals surface area contributed by atoms with E-state index in [2.05, 4.69) is 10.3 Å². The van der Waals surface area contributed by atoms with Crippen LogP contribution in [0.15, 0.2) is 41.1 Å². The average Bonchev–Trinajstić information content (AvgIpc) is 3.01. The van der Waals surface area contributed by atoms with Crippen molar-refractivity contribution in [1.82, 2.24) is 10.3 Å². The van der Waals surface area contributed by atoms with Gasteiger partial charge in [-0.05, 0) is 12.0 Å². The lowest BCUT2D eigenvalue weighted by atomic mass is 9.87. The van der Waals surface area contributed by atoms with Crippen molar-refractivity contribution < 1.29 is 19.1 Å². The van der Waals surface area contributed by atoms with E-state index in [1.807, 2.05) is 6.92 Å². The number of carbonyl (C=O) groups is 2. The second kappa shape index (κ2) is 6.43. The lowest BCUT2D eigenvalue weighted by molar-refractivity contribution is -0.145. The molecule has 0 aliphatic heterocycles. The average molecular weight is 302 g/mol. The molecule has 1 amide bonds. The van der Waals surface area contributed by atoms with Gasteiger partial charge in [-0.15, -0.1) is 0 Å². The molecule has 1 heterocycles. The van der Waals surface area contributed by atoms with Crippen molar-refractivity contribution in [2.75, 3.05) is 0 Å². The van der Waals surface area contributed by atoms with Gasteiger partial charge in [0.15, 0.2) is 17.6 Å². The quantitative estimate of drug-likeness (QED) is 0.854. The Hall–Kier alpha value is -2.63. The Morgan fingerprint density at radius 1 is 1.27 bits per heavy atom. The molecule has 0 saturated carbocycles. The van der Waals surface area contributed by atoms with Gasteiger partial charge in [-0.2, -0.15) is 0 Å². The van der Waals surface area contributed by atoms with Gasteiger partial charge in [-0.3, -0.25) is 4.79 Å². The van der Waals surface area contributed by atoms with Gasteiger partial charge < -0.3 is 14.8 Å². The molecular weight excluding hydrogens is 284 g/mol. The second-order valence-electron chi connectivity index (χ2n) is 4.86. The highest BCUT2D eigenvalue weighted by molar-refractivity contribution is 5.97. The first kappa shape index (κ1) is 15.8. The molecule has 0 aliphatic rings. The Morgan fingerprint density at radius 3 is 2.50 bits per heavy atom. The molecule has 1 unspecified atom stereocenters. The number of rotatable bonds is 6. The fourth-order valence-electron chi connectivity index (χ4n) is 2.38. The van der Waals surface area contributed by atoms with Crippen molar-refractivity contribution in [3.8, 4) is 0 Å². The number of oxazole rings is 1. The van der Waals surface area contributed by atoms with Crippen LogP contribution in [0.5, 0.6) is 0 Å². The summed E-state index contributed by atoms with van der Waals surface area (Å²) in [6.07, 6.45) is 1.89. The maximum absolute atomic E-state index is 12.4. The van der Waals surface area contributed by atoms with E-state index >= 15 is 0 Å². The molecule has 1 aromatic heterocycles. The first-order valence-electron chi connectivity index (χ1n) is 7.09. The van der Waals surface area contributed by atoms with Crippen LogP contribution in [-0.2, 0) is 16.8 Å². The van der Waals surface area contributed by atoms with E-state index in [0.717, 1.165) is 0 Å². The Balaban J connectivity index is 2.40. The number of amides is 1. The van der Waals surface area contributed by atoms with Crippen LogP contribution < -0.4 is 5.32 Å². The van der Waals surface area contributed by atoms with Crippen molar-refractivity contribution in [3.05, 3.63) is 53.7 Å². The molecule has 2 aromatic rings. The van der Waals surface area contributed by atoms with Crippen molar-refractivity contribution in [1.29, 1.82) is 0 Å². The summed E-state index contributed by atoms with van der Waals surface area (Å²) in [7, 11) is 0. The summed E-state index contributed by atoms with van der Waals surface area (Å²) in [5.41, 5.74) is -0.861. The fraction of sp³-hybridized carbons (Fsp3) is 0.312. The number of hydrogen-bond acceptors (Lipinski definition) is 4. The number of aliphatic carboxylic acids is 1. The number of benzene rings is 1. The third-order valence-electron chi connectivity index (χ3n) is 3.67. The summed E-state index contributed by atoms with van der Waals surface area (Å²) >= 11 is 0. The van der Waals surface area contributed by atoms with E-state index in [9.17, 15) is 14.7 Å². The Bertz CT molecular complexity index is 666. The second-order valence-corrected chi connectivity index (χ2v) is 4.86. The molecule has 0 bridgehead atoms. The number of aromatic nitrogens is 1. The molecule has 116 valence electrons. The molecule has 6 heteroatoms. The zero-order chi connectivity index (χ0) is 16.2. The highest BCUT2D eigenvalue weighted by Gasteiger charge is 2.41. The smallest absolute Gasteiger partial charge is 0.334 e. The van der Waals surface area contributed by atoms with Crippen molar-refractivity contribution in [3.63, 3.8) is 0 Å². The summed E-state index contributed by atoms with van der Waals surface area (Å²) in [4.78, 5) is 28.2. The van der Waals surface area contributed by atoms with Gasteiger partial charge in [0.05, 0.1) is 0 Å². The highest BCUT2D eigenvalue weighted by Crippen LogP contribution is 2.26. The molecule has 0 fully saturated rings. The normalized spacial score (nSPS) is 13.4. The Labute approximate surface area is 128 Å². The zero-order valence-electron chi connectivity index (χ0n) is 12.5. The van der Waals surface area contributed by atoms with Crippen LogP contribution >= 0.6 is 0 Å². The van der Waals surface area contributed by atoms with E-state index in [1.54, 1.807) is 37.3 Å². The Morgan fingerprint density at radius 2 is 1.95 bits per heavy atom. The first-order chi connectivity index (χ1) is 10.5. The third-order valence-corrected chi connectivity index (χ3v) is 3.67.